The number of ether oxygens (including phenoxy) is 3. The molecule has 2 rings (SSSR count). The van der Waals surface area contributed by atoms with Crippen LogP contribution in [0.1, 0.15) is 31.7 Å². The number of rotatable bonds is 5. The van der Waals surface area contributed by atoms with Gasteiger partial charge in [0.2, 0.25) is 5.88 Å². The van der Waals surface area contributed by atoms with Crippen LogP contribution in [0.5, 0.6) is 5.75 Å². The second-order valence-corrected chi connectivity index (χ2v) is 5.11. The maximum absolute atomic E-state index is 12.5. The molecular weight excluding hydrogens is 308 g/mol. The van der Waals surface area contributed by atoms with Crippen LogP contribution in [0.4, 0.5) is 0 Å². The van der Waals surface area contributed by atoms with Crippen LogP contribution in [0.2, 0.25) is 0 Å². The van der Waals surface area contributed by atoms with Crippen LogP contribution in [0.25, 0.3) is 0 Å². The fraction of sp³-hybridized carbons (Fsp3) is 0.333. The number of nitrogens with zero attached hydrogens (tertiary/aromatic N) is 1. The third-order valence-electron chi connectivity index (χ3n) is 3.74. The summed E-state index contributed by atoms with van der Waals surface area (Å²) in [5.41, 5.74) is 7.11. The van der Waals surface area contributed by atoms with Crippen molar-refractivity contribution in [2.45, 2.75) is 26.2 Å². The molecule has 1 aromatic carbocycles. The Morgan fingerprint density at radius 3 is 2.75 bits per heavy atom. The Kier molecular flexibility index (Phi) is 5.48. The molecule has 0 saturated heterocycles. The van der Waals surface area contributed by atoms with Crippen molar-refractivity contribution in [3.05, 3.63) is 52.6 Å². The lowest BCUT2D eigenvalue weighted by atomic mass is 9.82. The molecule has 1 atom stereocenters. The predicted octanol–water partition coefficient (Wildman–Crippen LogP) is 2.73. The Morgan fingerprint density at radius 1 is 1.42 bits per heavy atom. The third kappa shape index (κ3) is 3.20. The molecule has 0 amide bonds. The van der Waals surface area contributed by atoms with Gasteiger partial charge < -0.3 is 19.9 Å². The monoisotopic (exact) mass is 328 g/mol. The summed E-state index contributed by atoms with van der Waals surface area (Å²) in [6.45, 7) is 3.80. The summed E-state index contributed by atoms with van der Waals surface area (Å²) in [5.74, 6) is -0.112. The highest BCUT2D eigenvalue weighted by Gasteiger charge is 2.37. The molecule has 1 aromatic rings. The van der Waals surface area contributed by atoms with Gasteiger partial charge in [-0.05, 0) is 24.6 Å². The highest BCUT2D eigenvalue weighted by Crippen LogP contribution is 2.41. The average molecular weight is 328 g/mol. The van der Waals surface area contributed by atoms with Crippen molar-refractivity contribution in [2.75, 3.05) is 13.7 Å². The van der Waals surface area contributed by atoms with Gasteiger partial charge >= 0.3 is 5.97 Å². The smallest absolute Gasteiger partial charge is 0.338 e. The Morgan fingerprint density at radius 2 is 2.17 bits per heavy atom. The molecule has 24 heavy (non-hydrogen) atoms. The van der Waals surface area contributed by atoms with E-state index in [9.17, 15) is 10.1 Å². The molecule has 1 heterocycles. The molecule has 126 valence electrons. The van der Waals surface area contributed by atoms with Crippen molar-refractivity contribution in [1.29, 1.82) is 5.26 Å². The van der Waals surface area contributed by atoms with Crippen molar-refractivity contribution >= 4 is 5.97 Å². The Bertz CT molecular complexity index is 744. The number of esters is 1. The summed E-state index contributed by atoms with van der Waals surface area (Å²) in [5, 5.41) is 9.53. The molecule has 2 N–H and O–H groups in total. The van der Waals surface area contributed by atoms with Crippen LogP contribution in [0.3, 0.4) is 0 Å². The van der Waals surface area contributed by atoms with Gasteiger partial charge in [-0.2, -0.15) is 5.26 Å². The molecular formula is C18H20N2O4. The van der Waals surface area contributed by atoms with E-state index in [0.29, 0.717) is 29.1 Å². The Balaban J connectivity index is 2.65. The maximum Gasteiger partial charge on any atom is 0.338 e. The highest BCUT2D eigenvalue weighted by molar-refractivity contribution is 5.92. The molecule has 0 radical (unpaired) electrons. The van der Waals surface area contributed by atoms with Gasteiger partial charge in [0.25, 0.3) is 0 Å². The lowest BCUT2D eigenvalue weighted by Crippen LogP contribution is -2.26. The molecule has 6 heteroatoms. The number of hydrogen-bond acceptors (Lipinski definition) is 6. The predicted molar refractivity (Wildman–Crippen MR) is 87.6 cm³/mol. The Labute approximate surface area is 141 Å². The zero-order valence-electron chi connectivity index (χ0n) is 14.0. The standard InChI is InChI=1S/C18H20N2O4/c1-4-14-16(18(21)23-5-2)15(13(10-19)17(20)24-14)11-7-6-8-12(9-11)22-3/h6-9,15H,4-5,20H2,1-3H3/t15-/m0/s1. The minimum atomic E-state index is -0.646. The molecule has 0 aromatic heterocycles. The number of nitriles is 1. The lowest BCUT2D eigenvalue weighted by molar-refractivity contribution is -0.139. The van der Waals surface area contributed by atoms with Crippen LogP contribution in [-0.2, 0) is 14.3 Å². The SMILES string of the molecule is CCOC(=O)C1=C(CC)OC(N)=C(C#N)[C@@H]1c1cccc(OC)c1. The van der Waals surface area contributed by atoms with Crippen molar-refractivity contribution in [3.8, 4) is 11.8 Å². The third-order valence-corrected chi connectivity index (χ3v) is 3.74. The quantitative estimate of drug-likeness (QED) is 0.835. The van der Waals surface area contributed by atoms with Gasteiger partial charge in [-0.15, -0.1) is 0 Å². The van der Waals surface area contributed by atoms with E-state index in [1.54, 1.807) is 32.2 Å². The van der Waals surface area contributed by atoms with Crippen LogP contribution in [-0.4, -0.2) is 19.7 Å². The fourth-order valence-electron chi connectivity index (χ4n) is 2.67. The molecule has 1 aliphatic heterocycles. The van der Waals surface area contributed by atoms with Gasteiger partial charge in [-0.25, -0.2) is 4.79 Å². The summed E-state index contributed by atoms with van der Waals surface area (Å²) < 4.78 is 15.9. The summed E-state index contributed by atoms with van der Waals surface area (Å²) in [6.07, 6.45) is 0.452. The number of carbonyl (C=O) groups is 1. The zero-order chi connectivity index (χ0) is 17.7. The van der Waals surface area contributed by atoms with Gasteiger partial charge in [-0.3, -0.25) is 0 Å². The number of benzene rings is 1. The van der Waals surface area contributed by atoms with E-state index in [-0.39, 0.29) is 18.1 Å². The molecule has 0 fully saturated rings. The van der Waals surface area contributed by atoms with Gasteiger partial charge in [0, 0.05) is 6.42 Å². The van der Waals surface area contributed by atoms with Gasteiger partial charge in [-0.1, -0.05) is 19.1 Å². The minimum Gasteiger partial charge on any atom is -0.497 e. The normalized spacial score (nSPS) is 17.2. The first kappa shape index (κ1) is 17.4. The second kappa shape index (κ2) is 7.55. The van der Waals surface area contributed by atoms with Crippen LogP contribution in [0, 0.1) is 11.3 Å². The first-order chi connectivity index (χ1) is 11.6. The van der Waals surface area contributed by atoms with Crippen LogP contribution >= 0.6 is 0 Å². The van der Waals surface area contributed by atoms with E-state index in [1.807, 2.05) is 13.0 Å². The molecule has 1 aliphatic rings. The molecule has 0 unspecified atom stereocenters. The van der Waals surface area contributed by atoms with Crippen molar-refractivity contribution in [3.63, 3.8) is 0 Å². The number of nitrogens with two attached hydrogens (primary N) is 1. The van der Waals surface area contributed by atoms with Gasteiger partial charge in [0.1, 0.15) is 23.2 Å². The van der Waals surface area contributed by atoms with Crippen molar-refractivity contribution < 1.29 is 19.0 Å². The van der Waals surface area contributed by atoms with Crippen molar-refractivity contribution in [1.82, 2.24) is 0 Å². The van der Waals surface area contributed by atoms with Gasteiger partial charge in [0.05, 0.1) is 25.2 Å². The molecule has 0 saturated carbocycles. The number of methoxy groups -OCH3 is 1. The molecule has 0 bridgehead atoms. The second-order valence-electron chi connectivity index (χ2n) is 5.11. The molecule has 6 nitrogen and oxygen atoms in total. The van der Waals surface area contributed by atoms with Crippen molar-refractivity contribution in [2.24, 2.45) is 5.73 Å². The average Bonchev–Trinajstić information content (AvgIpc) is 2.60. The lowest BCUT2D eigenvalue weighted by Gasteiger charge is -2.28. The minimum absolute atomic E-state index is 0.00946. The number of carbonyl (C=O) groups excluding carboxylic acids is 1. The largest absolute Gasteiger partial charge is 0.497 e. The summed E-state index contributed by atoms with van der Waals surface area (Å²) >= 11 is 0. The highest BCUT2D eigenvalue weighted by atomic mass is 16.5. The molecule has 0 aliphatic carbocycles. The first-order valence-corrected chi connectivity index (χ1v) is 7.68. The Hall–Kier alpha value is -2.94. The van der Waals surface area contributed by atoms with Crippen LogP contribution < -0.4 is 10.5 Å². The first-order valence-electron chi connectivity index (χ1n) is 7.68. The topological polar surface area (TPSA) is 94.6 Å². The number of allylic oxidation sites excluding steroid dienone is 2. The van der Waals surface area contributed by atoms with Crippen LogP contribution in [0.15, 0.2) is 47.1 Å². The number of hydrogen-bond donors (Lipinski definition) is 1. The summed E-state index contributed by atoms with van der Waals surface area (Å²) in [4.78, 5) is 12.5. The van der Waals surface area contributed by atoms with E-state index >= 15 is 0 Å². The van der Waals surface area contributed by atoms with E-state index in [0.717, 1.165) is 0 Å². The summed E-state index contributed by atoms with van der Waals surface area (Å²) in [6, 6.07) is 9.23. The fourth-order valence-corrected chi connectivity index (χ4v) is 2.67. The van der Waals surface area contributed by atoms with E-state index in [1.165, 1.54) is 0 Å². The van der Waals surface area contributed by atoms with E-state index in [2.05, 4.69) is 6.07 Å². The van der Waals surface area contributed by atoms with Gasteiger partial charge in [0.15, 0.2) is 0 Å². The van der Waals surface area contributed by atoms with E-state index < -0.39 is 11.9 Å². The molecule has 0 spiro atoms. The summed E-state index contributed by atoms with van der Waals surface area (Å²) in [7, 11) is 1.55. The maximum atomic E-state index is 12.5. The van der Waals surface area contributed by atoms with E-state index in [4.69, 9.17) is 19.9 Å². The zero-order valence-corrected chi connectivity index (χ0v) is 14.0.